The van der Waals surface area contributed by atoms with Crippen LogP contribution in [0, 0.1) is 5.41 Å². The second-order valence-corrected chi connectivity index (χ2v) is 5.97. The first-order chi connectivity index (χ1) is 9.52. The van der Waals surface area contributed by atoms with E-state index in [1.807, 2.05) is 23.7 Å². The van der Waals surface area contributed by atoms with Gasteiger partial charge in [0.25, 0.3) is 5.92 Å². The topological polar surface area (TPSA) is 34.0 Å². The van der Waals surface area contributed by atoms with E-state index in [1.165, 1.54) is 0 Å². The number of aromatic nitrogens is 3. The fourth-order valence-corrected chi connectivity index (χ4v) is 3.35. The summed E-state index contributed by atoms with van der Waals surface area (Å²) in [6.07, 6.45) is 2.91. The number of imidazole rings is 1. The highest BCUT2D eigenvalue weighted by Crippen LogP contribution is 2.65. The first kappa shape index (κ1) is 12.1. The van der Waals surface area contributed by atoms with E-state index in [1.54, 1.807) is 6.20 Å². The molecular weight excluding hydrogens is 262 g/mol. The van der Waals surface area contributed by atoms with E-state index >= 15 is 0 Å². The van der Waals surface area contributed by atoms with Crippen LogP contribution in [0.5, 0.6) is 0 Å². The lowest BCUT2D eigenvalue weighted by Gasteiger charge is -2.32. The first-order valence-corrected chi connectivity index (χ1v) is 6.93. The van der Waals surface area contributed by atoms with E-state index in [4.69, 9.17) is 0 Å². The predicted molar refractivity (Wildman–Crippen MR) is 72.0 cm³/mol. The lowest BCUT2D eigenvalue weighted by molar-refractivity contribution is 0.0535. The predicted octanol–water partition coefficient (Wildman–Crippen LogP) is 2.59. The summed E-state index contributed by atoms with van der Waals surface area (Å²) >= 11 is 0. The molecule has 6 heteroatoms. The lowest BCUT2D eigenvalue weighted by atomic mass is 9.93. The number of hydrogen-bond donors (Lipinski definition) is 0. The summed E-state index contributed by atoms with van der Waals surface area (Å²) in [6, 6.07) is 3.78. The largest absolute Gasteiger partial charge is 0.342 e. The van der Waals surface area contributed by atoms with Crippen molar-refractivity contribution in [1.29, 1.82) is 0 Å². The Hall–Kier alpha value is -1.72. The maximum Gasteiger partial charge on any atom is 0.254 e. The third-order valence-corrected chi connectivity index (χ3v) is 4.82. The van der Waals surface area contributed by atoms with Crippen molar-refractivity contribution in [3.8, 4) is 0 Å². The molecule has 2 aromatic rings. The third-order valence-electron chi connectivity index (χ3n) is 4.82. The average Bonchev–Trinajstić information content (AvgIpc) is 2.79. The van der Waals surface area contributed by atoms with Crippen LogP contribution in [0.15, 0.2) is 18.3 Å². The lowest BCUT2D eigenvalue weighted by Crippen LogP contribution is -2.37. The highest BCUT2D eigenvalue weighted by molar-refractivity contribution is 5.74. The van der Waals surface area contributed by atoms with Gasteiger partial charge in [0.2, 0.25) is 5.95 Å². The molecule has 1 spiro atoms. The number of fused-ring (bicyclic) bond motifs is 1. The van der Waals surface area contributed by atoms with Gasteiger partial charge in [0, 0.05) is 38.2 Å². The molecular formula is C14H16F2N4. The Morgan fingerprint density at radius 2 is 1.95 bits per heavy atom. The van der Waals surface area contributed by atoms with Crippen LogP contribution >= 0.6 is 0 Å². The zero-order valence-electron chi connectivity index (χ0n) is 11.3. The molecule has 2 aliphatic rings. The summed E-state index contributed by atoms with van der Waals surface area (Å²) in [4.78, 5) is 11.0. The Morgan fingerprint density at radius 1 is 1.25 bits per heavy atom. The van der Waals surface area contributed by atoms with Crippen molar-refractivity contribution in [2.45, 2.75) is 25.2 Å². The maximum absolute atomic E-state index is 13.4. The number of rotatable bonds is 1. The van der Waals surface area contributed by atoms with Gasteiger partial charge in [-0.3, -0.25) is 4.57 Å². The van der Waals surface area contributed by atoms with Gasteiger partial charge in [-0.2, -0.15) is 0 Å². The minimum Gasteiger partial charge on any atom is -0.342 e. The first-order valence-electron chi connectivity index (χ1n) is 6.93. The van der Waals surface area contributed by atoms with Crippen molar-refractivity contribution in [3.05, 3.63) is 18.3 Å². The van der Waals surface area contributed by atoms with Crippen molar-refractivity contribution in [2.75, 3.05) is 18.0 Å². The zero-order valence-corrected chi connectivity index (χ0v) is 11.3. The standard InChI is InChI=1S/C14H16F2N4/c1-19-11-10(3-2-6-17-11)18-12(19)20-7-4-13(5-8-20)9-14(13,15)16/h2-3,6H,4-5,7-9H2,1H3. The van der Waals surface area contributed by atoms with Crippen LogP contribution in [0.3, 0.4) is 0 Å². The van der Waals surface area contributed by atoms with E-state index < -0.39 is 11.3 Å². The molecule has 0 amide bonds. The van der Waals surface area contributed by atoms with Crippen LogP contribution in [0.2, 0.25) is 0 Å². The van der Waals surface area contributed by atoms with Gasteiger partial charge in [-0.15, -0.1) is 0 Å². The van der Waals surface area contributed by atoms with Gasteiger partial charge >= 0.3 is 0 Å². The highest BCUT2D eigenvalue weighted by atomic mass is 19.3. The number of hydrogen-bond acceptors (Lipinski definition) is 3. The van der Waals surface area contributed by atoms with E-state index in [-0.39, 0.29) is 6.42 Å². The molecule has 0 atom stereocenters. The molecule has 1 saturated carbocycles. The molecule has 4 rings (SSSR count). The Labute approximate surface area is 115 Å². The Morgan fingerprint density at radius 3 is 2.55 bits per heavy atom. The molecule has 2 aromatic heterocycles. The molecule has 106 valence electrons. The monoisotopic (exact) mass is 278 g/mol. The molecule has 0 N–H and O–H groups in total. The number of halogens is 2. The summed E-state index contributed by atoms with van der Waals surface area (Å²) in [7, 11) is 1.92. The van der Waals surface area contributed by atoms with E-state index in [0.29, 0.717) is 25.9 Å². The molecule has 20 heavy (non-hydrogen) atoms. The Bertz CT molecular complexity index is 671. The van der Waals surface area contributed by atoms with Crippen molar-refractivity contribution in [1.82, 2.24) is 14.5 Å². The van der Waals surface area contributed by atoms with Gasteiger partial charge in [-0.1, -0.05) is 0 Å². The molecule has 2 fully saturated rings. The van der Waals surface area contributed by atoms with Crippen LogP contribution in [0.25, 0.3) is 11.2 Å². The molecule has 0 unspecified atom stereocenters. The van der Waals surface area contributed by atoms with Crippen LogP contribution in [0.1, 0.15) is 19.3 Å². The van der Waals surface area contributed by atoms with Crippen molar-refractivity contribution >= 4 is 17.1 Å². The smallest absolute Gasteiger partial charge is 0.254 e. The van der Waals surface area contributed by atoms with Gasteiger partial charge in [0.05, 0.1) is 0 Å². The fourth-order valence-electron chi connectivity index (χ4n) is 3.35. The zero-order chi connectivity index (χ0) is 14.0. The quantitative estimate of drug-likeness (QED) is 0.804. The summed E-state index contributed by atoms with van der Waals surface area (Å²) < 4.78 is 28.7. The summed E-state index contributed by atoms with van der Waals surface area (Å²) in [5.41, 5.74) is 0.966. The Kier molecular flexibility index (Phi) is 2.22. The SMILES string of the molecule is Cn1c(N2CCC3(CC2)CC3(F)F)nc2cccnc21. The second kappa shape index (κ2) is 3.68. The van der Waals surface area contributed by atoms with E-state index in [0.717, 1.165) is 17.1 Å². The molecule has 0 aromatic carbocycles. The molecule has 0 radical (unpaired) electrons. The minimum atomic E-state index is -2.44. The summed E-state index contributed by atoms with van der Waals surface area (Å²) in [5.74, 6) is -1.61. The van der Waals surface area contributed by atoms with E-state index in [9.17, 15) is 8.78 Å². The van der Waals surface area contributed by atoms with Gasteiger partial charge < -0.3 is 4.90 Å². The Balaban J connectivity index is 1.61. The van der Waals surface area contributed by atoms with Crippen LogP contribution in [0.4, 0.5) is 14.7 Å². The molecule has 0 bridgehead atoms. The van der Waals surface area contributed by atoms with Crippen molar-refractivity contribution < 1.29 is 8.78 Å². The highest BCUT2D eigenvalue weighted by Gasteiger charge is 2.70. The number of nitrogens with zero attached hydrogens (tertiary/aromatic N) is 4. The average molecular weight is 278 g/mol. The second-order valence-electron chi connectivity index (χ2n) is 5.97. The van der Waals surface area contributed by atoms with Crippen molar-refractivity contribution in [2.24, 2.45) is 12.5 Å². The van der Waals surface area contributed by atoms with Gasteiger partial charge in [0.1, 0.15) is 5.52 Å². The molecule has 1 aliphatic carbocycles. The molecule has 4 nitrogen and oxygen atoms in total. The molecule has 1 saturated heterocycles. The third kappa shape index (κ3) is 1.50. The minimum absolute atomic E-state index is 0.0674. The molecule has 3 heterocycles. The van der Waals surface area contributed by atoms with Crippen LogP contribution < -0.4 is 4.90 Å². The number of anilines is 1. The number of alkyl halides is 2. The van der Waals surface area contributed by atoms with E-state index in [2.05, 4.69) is 14.9 Å². The normalized spacial score (nSPS) is 23.4. The summed E-state index contributed by atoms with van der Waals surface area (Å²) in [6.45, 7) is 1.29. The van der Waals surface area contributed by atoms with Crippen LogP contribution in [-0.2, 0) is 7.05 Å². The van der Waals surface area contributed by atoms with Gasteiger partial charge in [0.15, 0.2) is 5.65 Å². The number of piperidine rings is 1. The van der Waals surface area contributed by atoms with Gasteiger partial charge in [-0.05, 0) is 25.0 Å². The van der Waals surface area contributed by atoms with Gasteiger partial charge in [-0.25, -0.2) is 18.7 Å². The summed E-state index contributed by atoms with van der Waals surface area (Å²) in [5, 5.41) is 0. The number of pyridine rings is 1. The molecule has 1 aliphatic heterocycles. The fraction of sp³-hybridized carbons (Fsp3) is 0.571. The number of aryl methyl sites for hydroxylation is 1. The maximum atomic E-state index is 13.4. The van der Waals surface area contributed by atoms with Crippen molar-refractivity contribution in [3.63, 3.8) is 0 Å². The van der Waals surface area contributed by atoms with Crippen LogP contribution in [-0.4, -0.2) is 33.5 Å².